The molecule has 0 fully saturated rings. The number of imide groups is 1. The van der Waals surface area contributed by atoms with Gasteiger partial charge in [-0.1, -0.05) is 68.1 Å². The highest BCUT2D eigenvalue weighted by Crippen LogP contribution is 2.41. The van der Waals surface area contributed by atoms with Gasteiger partial charge in [-0.25, -0.2) is 4.90 Å². The predicted octanol–water partition coefficient (Wildman–Crippen LogP) is 6.11. The maximum atomic E-state index is 13.5. The number of hydrogen-bond donors (Lipinski definition) is 0. The highest BCUT2D eigenvalue weighted by atomic mass is 32.2. The SMILES string of the molecule is CCCOc1ccc(C2=C(Sc3ccccc3)C(=O)N(c3ccc(CC)cc3)C2=O)cc1. The molecule has 1 heterocycles. The first-order valence-electron chi connectivity index (χ1n) is 10.8. The first-order chi connectivity index (χ1) is 15.6. The molecule has 2 amide bonds. The molecule has 5 heteroatoms. The van der Waals surface area contributed by atoms with Crippen LogP contribution in [0.2, 0.25) is 0 Å². The molecule has 32 heavy (non-hydrogen) atoms. The quantitative estimate of drug-likeness (QED) is 0.394. The van der Waals surface area contributed by atoms with Crippen LogP contribution in [0.25, 0.3) is 5.57 Å². The Bertz CT molecular complexity index is 1140. The van der Waals surface area contributed by atoms with Crippen LogP contribution in [0.1, 0.15) is 31.4 Å². The summed E-state index contributed by atoms with van der Waals surface area (Å²) < 4.78 is 5.67. The van der Waals surface area contributed by atoms with E-state index in [2.05, 4.69) is 13.8 Å². The fraction of sp³-hybridized carbons (Fsp3) is 0.185. The van der Waals surface area contributed by atoms with Crippen LogP contribution in [0.15, 0.2) is 88.7 Å². The molecule has 4 nitrogen and oxygen atoms in total. The third kappa shape index (κ3) is 4.48. The summed E-state index contributed by atoms with van der Waals surface area (Å²) in [5.41, 5.74) is 2.87. The molecule has 0 spiro atoms. The summed E-state index contributed by atoms with van der Waals surface area (Å²) in [6, 6.07) is 24.6. The molecule has 0 atom stereocenters. The lowest BCUT2D eigenvalue weighted by molar-refractivity contribution is -0.119. The van der Waals surface area contributed by atoms with Gasteiger partial charge in [-0.05, 0) is 60.4 Å². The molecule has 162 valence electrons. The van der Waals surface area contributed by atoms with Crippen molar-refractivity contribution in [2.75, 3.05) is 11.5 Å². The van der Waals surface area contributed by atoms with Gasteiger partial charge in [-0.3, -0.25) is 9.59 Å². The van der Waals surface area contributed by atoms with Crippen LogP contribution in [0.5, 0.6) is 5.75 Å². The first kappa shape index (κ1) is 21.9. The van der Waals surface area contributed by atoms with E-state index in [9.17, 15) is 9.59 Å². The zero-order valence-corrected chi connectivity index (χ0v) is 19.0. The van der Waals surface area contributed by atoms with Crippen LogP contribution in [0, 0.1) is 0 Å². The number of anilines is 1. The molecule has 0 N–H and O–H groups in total. The van der Waals surface area contributed by atoms with Crippen molar-refractivity contribution in [2.45, 2.75) is 31.6 Å². The summed E-state index contributed by atoms with van der Waals surface area (Å²) in [6.45, 7) is 4.76. The molecular weight excluding hydrogens is 418 g/mol. The van der Waals surface area contributed by atoms with Crippen molar-refractivity contribution in [1.29, 1.82) is 0 Å². The van der Waals surface area contributed by atoms with Gasteiger partial charge in [0.1, 0.15) is 5.75 Å². The Morgan fingerprint density at radius 2 is 1.50 bits per heavy atom. The minimum atomic E-state index is -0.306. The molecule has 0 unspecified atom stereocenters. The molecule has 3 aromatic rings. The van der Waals surface area contributed by atoms with Crippen molar-refractivity contribution in [3.05, 3.63) is 94.9 Å². The normalized spacial score (nSPS) is 13.8. The number of carbonyl (C=O) groups excluding carboxylic acids is 2. The lowest BCUT2D eigenvalue weighted by Gasteiger charge is -2.15. The Morgan fingerprint density at radius 1 is 0.812 bits per heavy atom. The minimum Gasteiger partial charge on any atom is -0.494 e. The van der Waals surface area contributed by atoms with Crippen molar-refractivity contribution in [1.82, 2.24) is 0 Å². The van der Waals surface area contributed by atoms with Crippen LogP contribution in [-0.2, 0) is 16.0 Å². The zero-order valence-electron chi connectivity index (χ0n) is 18.2. The number of nitrogens with zero attached hydrogens (tertiary/aromatic N) is 1. The van der Waals surface area contributed by atoms with E-state index in [1.807, 2.05) is 78.9 Å². The Hall–Kier alpha value is -3.31. The van der Waals surface area contributed by atoms with Crippen molar-refractivity contribution >= 4 is 34.8 Å². The fourth-order valence-corrected chi connectivity index (χ4v) is 4.53. The monoisotopic (exact) mass is 443 g/mol. The summed E-state index contributed by atoms with van der Waals surface area (Å²) in [4.78, 5) is 29.6. The lowest BCUT2D eigenvalue weighted by atomic mass is 10.1. The Labute approximate surface area is 192 Å². The highest BCUT2D eigenvalue weighted by molar-refractivity contribution is 8.04. The molecule has 4 rings (SSSR count). The van der Waals surface area contributed by atoms with E-state index in [0.717, 1.165) is 29.1 Å². The van der Waals surface area contributed by atoms with Gasteiger partial charge in [-0.2, -0.15) is 0 Å². The number of hydrogen-bond acceptors (Lipinski definition) is 4. The van der Waals surface area contributed by atoms with Gasteiger partial charge in [0.2, 0.25) is 0 Å². The van der Waals surface area contributed by atoms with Gasteiger partial charge in [0.25, 0.3) is 11.8 Å². The molecule has 1 aliphatic rings. The fourth-order valence-electron chi connectivity index (χ4n) is 3.52. The number of thioether (sulfide) groups is 1. The van der Waals surface area contributed by atoms with E-state index in [1.165, 1.54) is 16.7 Å². The lowest BCUT2D eigenvalue weighted by Crippen LogP contribution is -2.31. The molecule has 0 bridgehead atoms. The van der Waals surface area contributed by atoms with E-state index >= 15 is 0 Å². The van der Waals surface area contributed by atoms with Crippen LogP contribution in [0.3, 0.4) is 0 Å². The smallest absolute Gasteiger partial charge is 0.272 e. The van der Waals surface area contributed by atoms with E-state index in [4.69, 9.17) is 4.74 Å². The number of ether oxygens (including phenoxy) is 1. The topological polar surface area (TPSA) is 46.6 Å². The summed E-state index contributed by atoms with van der Waals surface area (Å²) in [6.07, 6.45) is 1.82. The number of aryl methyl sites for hydroxylation is 1. The first-order valence-corrected chi connectivity index (χ1v) is 11.6. The third-order valence-corrected chi connectivity index (χ3v) is 6.31. The van der Waals surface area contributed by atoms with E-state index in [0.29, 0.717) is 28.3 Å². The van der Waals surface area contributed by atoms with Gasteiger partial charge >= 0.3 is 0 Å². The van der Waals surface area contributed by atoms with Gasteiger partial charge in [0.05, 0.1) is 22.8 Å². The van der Waals surface area contributed by atoms with Gasteiger partial charge in [0.15, 0.2) is 0 Å². The molecule has 0 aromatic heterocycles. The number of benzene rings is 3. The number of amides is 2. The maximum Gasteiger partial charge on any atom is 0.272 e. The van der Waals surface area contributed by atoms with Gasteiger partial charge < -0.3 is 4.74 Å². The molecule has 0 aliphatic carbocycles. The highest BCUT2D eigenvalue weighted by Gasteiger charge is 2.40. The van der Waals surface area contributed by atoms with Crippen LogP contribution >= 0.6 is 11.8 Å². The summed E-state index contributed by atoms with van der Waals surface area (Å²) in [5, 5.41) is 0. The average molecular weight is 444 g/mol. The van der Waals surface area contributed by atoms with Crippen molar-refractivity contribution in [3.8, 4) is 5.75 Å². The molecule has 3 aromatic carbocycles. The average Bonchev–Trinajstić information content (AvgIpc) is 3.08. The molecule has 0 saturated carbocycles. The zero-order chi connectivity index (χ0) is 22.5. The number of carbonyl (C=O) groups is 2. The van der Waals surface area contributed by atoms with Crippen LogP contribution in [0.4, 0.5) is 5.69 Å². The van der Waals surface area contributed by atoms with Crippen LogP contribution < -0.4 is 9.64 Å². The predicted molar refractivity (Wildman–Crippen MR) is 130 cm³/mol. The van der Waals surface area contributed by atoms with E-state index in [-0.39, 0.29) is 11.8 Å². The van der Waals surface area contributed by atoms with Crippen molar-refractivity contribution in [2.24, 2.45) is 0 Å². The van der Waals surface area contributed by atoms with Crippen LogP contribution in [-0.4, -0.2) is 18.4 Å². The van der Waals surface area contributed by atoms with Crippen molar-refractivity contribution < 1.29 is 14.3 Å². The van der Waals surface area contributed by atoms with E-state index < -0.39 is 0 Å². The minimum absolute atomic E-state index is 0.297. The summed E-state index contributed by atoms with van der Waals surface area (Å²) in [7, 11) is 0. The second-order valence-electron chi connectivity index (χ2n) is 7.46. The molecule has 1 aliphatic heterocycles. The maximum absolute atomic E-state index is 13.5. The second-order valence-corrected chi connectivity index (χ2v) is 8.54. The second kappa shape index (κ2) is 9.88. The number of rotatable bonds is 8. The Morgan fingerprint density at radius 3 is 2.12 bits per heavy atom. The largest absolute Gasteiger partial charge is 0.494 e. The Kier molecular flexibility index (Phi) is 6.76. The third-order valence-electron chi connectivity index (χ3n) is 5.22. The van der Waals surface area contributed by atoms with Crippen molar-refractivity contribution in [3.63, 3.8) is 0 Å². The summed E-state index contributed by atoms with van der Waals surface area (Å²) in [5.74, 6) is 0.145. The molecular formula is C27H25NO3S. The Balaban J connectivity index is 1.73. The van der Waals surface area contributed by atoms with E-state index in [1.54, 1.807) is 0 Å². The van der Waals surface area contributed by atoms with Gasteiger partial charge in [0, 0.05) is 4.90 Å². The standard InChI is InChI=1S/C27H25NO3S/c1-3-18-31-22-16-12-20(13-17-22)24-25(32-23-8-6-5-7-9-23)27(30)28(26(24)29)21-14-10-19(4-2)11-15-21/h5-17H,3-4,18H2,1-2H3. The summed E-state index contributed by atoms with van der Waals surface area (Å²) >= 11 is 1.33. The molecule has 0 radical (unpaired) electrons. The van der Waals surface area contributed by atoms with Gasteiger partial charge in [-0.15, -0.1) is 0 Å². The molecule has 0 saturated heterocycles.